The standard InChI is InChI=1S/C18H30O/c1-18-10-9-14(19)11-13(18)6-7-16-15-4-2-3-12(15)5-8-17(16)18/h12-17,19H,2-11H2,1H3/t12?,13-,14-,15-,16?,17+,18+/m0/s1. The number of hydrogen-bond acceptors (Lipinski definition) is 1. The second-order valence-corrected chi connectivity index (χ2v) is 8.41. The topological polar surface area (TPSA) is 20.2 Å². The summed E-state index contributed by atoms with van der Waals surface area (Å²) >= 11 is 0. The van der Waals surface area contributed by atoms with E-state index in [0.717, 1.165) is 42.4 Å². The Morgan fingerprint density at radius 2 is 1.79 bits per heavy atom. The summed E-state index contributed by atoms with van der Waals surface area (Å²) in [6, 6.07) is 0. The minimum Gasteiger partial charge on any atom is -0.393 e. The number of aliphatic hydroxyl groups is 1. The Balaban J connectivity index is 1.60. The van der Waals surface area contributed by atoms with E-state index in [1.165, 1.54) is 51.4 Å². The van der Waals surface area contributed by atoms with E-state index in [-0.39, 0.29) is 6.10 Å². The van der Waals surface area contributed by atoms with E-state index < -0.39 is 0 Å². The molecule has 2 unspecified atom stereocenters. The fraction of sp³-hybridized carbons (Fsp3) is 1.00. The zero-order valence-electron chi connectivity index (χ0n) is 12.5. The molecule has 19 heavy (non-hydrogen) atoms. The Kier molecular flexibility index (Phi) is 2.99. The Morgan fingerprint density at radius 3 is 2.68 bits per heavy atom. The van der Waals surface area contributed by atoms with Gasteiger partial charge in [0.2, 0.25) is 0 Å². The van der Waals surface area contributed by atoms with Crippen LogP contribution in [-0.4, -0.2) is 11.2 Å². The summed E-state index contributed by atoms with van der Waals surface area (Å²) in [6.45, 7) is 2.59. The molecule has 7 atom stereocenters. The molecule has 0 radical (unpaired) electrons. The summed E-state index contributed by atoms with van der Waals surface area (Å²) in [5.41, 5.74) is 0.579. The average Bonchev–Trinajstić information content (AvgIpc) is 2.88. The minimum absolute atomic E-state index is 0.0115. The molecule has 0 bridgehead atoms. The Hall–Kier alpha value is -0.0400. The van der Waals surface area contributed by atoms with Crippen LogP contribution in [0, 0.1) is 35.0 Å². The highest BCUT2D eigenvalue weighted by Crippen LogP contribution is 2.62. The van der Waals surface area contributed by atoms with Crippen molar-refractivity contribution in [2.75, 3.05) is 0 Å². The van der Waals surface area contributed by atoms with Gasteiger partial charge >= 0.3 is 0 Å². The third-order valence-electron chi connectivity index (χ3n) is 7.83. The lowest BCUT2D eigenvalue weighted by atomic mass is 9.47. The smallest absolute Gasteiger partial charge is 0.0543 e. The van der Waals surface area contributed by atoms with E-state index in [9.17, 15) is 5.11 Å². The van der Waals surface area contributed by atoms with Gasteiger partial charge in [-0.2, -0.15) is 0 Å². The largest absolute Gasteiger partial charge is 0.393 e. The molecule has 0 amide bonds. The molecule has 4 fully saturated rings. The molecule has 4 aliphatic carbocycles. The molecule has 0 aromatic carbocycles. The lowest BCUT2D eigenvalue weighted by molar-refractivity contribution is -0.106. The monoisotopic (exact) mass is 262 g/mol. The summed E-state index contributed by atoms with van der Waals surface area (Å²) in [5, 5.41) is 10.0. The van der Waals surface area contributed by atoms with E-state index in [2.05, 4.69) is 6.92 Å². The summed E-state index contributed by atoms with van der Waals surface area (Å²) in [4.78, 5) is 0. The van der Waals surface area contributed by atoms with Gasteiger partial charge in [-0.25, -0.2) is 0 Å². The van der Waals surface area contributed by atoms with E-state index in [0.29, 0.717) is 5.41 Å². The van der Waals surface area contributed by atoms with Gasteiger partial charge in [-0.3, -0.25) is 0 Å². The summed E-state index contributed by atoms with van der Waals surface area (Å²) in [7, 11) is 0. The third-order valence-corrected chi connectivity index (χ3v) is 7.83. The van der Waals surface area contributed by atoms with Crippen LogP contribution in [0.15, 0.2) is 0 Å². The predicted octanol–water partition coefficient (Wildman–Crippen LogP) is 4.39. The highest BCUT2D eigenvalue weighted by atomic mass is 16.3. The maximum Gasteiger partial charge on any atom is 0.0543 e. The highest BCUT2D eigenvalue weighted by molar-refractivity contribution is 5.04. The molecule has 4 rings (SSSR count). The molecule has 0 aromatic heterocycles. The average molecular weight is 262 g/mol. The molecule has 0 aromatic rings. The number of aliphatic hydroxyl groups excluding tert-OH is 1. The van der Waals surface area contributed by atoms with Gasteiger partial charge in [-0.15, -0.1) is 0 Å². The molecule has 1 nitrogen and oxygen atoms in total. The van der Waals surface area contributed by atoms with Gasteiger partial charge in [0.1, 0.15) is 0 Å². The first-order valence-corrected chi connectivity index (χ1v) is 8.86. The maximum atomic E-state index is 10.0. The summed E-state index contributed by atoms with van der Waals surface area (Å²) in [6.07, 6.45) is 14.0. The molecule has 1 N–H and O–H groups in total. The lowest BCUT2D eigenvalue weighted by Gasteiger charge is -2.58. The van der Waals surface area contributed by atoms with Crippen LogP contribution in [0.5, 0.6) is 0 Å². The Morgan fingerprint density at radius 1 is 0.895 bits per heavy atom. The molecule has 0 aliphatic heterocycles. The van der Waals surface area contributed by atoms with Gasteiger partial charge in [-0.05, 0) is 86.4 Å². The van der Waals surface area contributed by atoms with E-state index in [4.69, 9.17) is 0 Å². The van der Waals surface area contributed by atoms with Gasteiger partial charge in [-0.1, -0.05) is 19.8 Å². The first kappa shape index (κ1) is 12.7. The molecule has 4 saturated carbocycles. The first-order valence-electron chi connectivity index (χ1n) is 8.86. The van der Waals surface area contributed by atoms with Crippen molar-refractivity contribution < 1.29 is 5.11 Å². The molecule has 0 spiro atoms. The Bertz CT molecular complexity index is 352. The molecule has 4 aliphatic rings. The SMILES string of the molecule is C[C@@]12CC[C@H](O)C[C@@H]1CCC1[C@H]3CCCC3CC[C@H]12. The second kappa shape index (κ2) is 4.48. The predicted molar refractivity (Wildman–Crippen MR) is 77.7 cm³/mol. The van der Waals surface area contributed by atoms with Gasteiger partial charge in [0.05, 0.1) is 6.10 Å². The van der Waals surface area contributed by atoms with Crippen LogP contribution >= 0.6 is 0 Å². The zero-order valence-corrected chi connectivity index (χ0v) is 12.5. The second-order valence-electron chi connectivity index (χ2n) is 8.41. The molecule has 0 heterocycles. The van der Waals surface area contributed by atoms with E-state index in [1.807, 2.05) is 0 Å². The minimum atomic E-state index is 0.0115. The van der Waals surface area contributed by atoms with Crippen LogP contribution in [0.4, 0.5) is 0 Å². The normalized spacial score (nSPS) is 57.2. The van der Waals surface area contributed by atoms with Crippen LogP contribution in [0.3, 0.4) is 0 Å². The van der Waals surface area contributed by atoms with Gasteiger partial charge in [0.25, 0.3) is 0 Å². The van der Waals surface area contributed by atoms with Crippen molar-refractivity contribution in [2.45, 2.75) is 77.2 Å². The van der Waals surface area contributed by atoms with Crippen LogP contribution in [0.2, 0.25) is 0 Å². The van der Waals surface area contributed by atoms with Crippen LogP contribution in [-0.2, 0) is 0 Å². The summed E-state index contributed by atoms with van der Waals surface area (Å²) < 4.78 is 0. The fourth-order valence-electron chi connectivity index (χ4n) is 6.85. The van der Waals surface area contributed by atoms with E-state index in [1.54, 1.807) is 0 Å². The van der Waals surface area contributed by atoms with Gasteiger partial charge in [0, 0.05) is 0 Å². The summed E-state index contributed by atoms with van der Waals surface area (Å²) in [5.74, 6) is 5.06. The molecule has 0 saturated heterocycles. The number of fused-ring (bicyclic) bond motifs is 5. The number of rotatable bonds is 0. The van der Waals surface area contributed by atoms with Crippen LogP contribution in [0.1, 0.15) is 71.1 Å². The van der Waals surface area contributed by atoms with Crippen molar-refractivity contribution in [3.05, 3.63) is 0 Å². The molecule has 108 valence electrons. The van der Waals surface area contributed by atoms with Crippen molar-refractivity contribution in [2.24, 2.45) is 35.0 Å². The highest BCUT2D eigenvalue weighted by Gasteiger charge is 2.54. The van der Waals surface area contributed by atoms with Crippen molar-refractivity contribution in [3.8, 4) is 0 Å². The Labute approximate surface area is 118 Å². The quantitative estimate of drug-likeness (QED) is 0.686. The van der Waals surface area contributed by atoms with Crippen molar-refractivity contribution in [1.29, 1.82) is 0 Å². The maximum absolute atomic E-state index is 10.0. The van der Waals surface area contributed by atoms with Crippen LogP contribution in [0.25, 0.3) is 0 Å². The zero-order chi connectivity index (χ0) is 13.0. The lowest BCUT2D eigenvalue weighted by Crippen LogP contribution is -2.51. The van der Waals surface area contributed by atoms with E-state index >= 15 is 0 Å². The number of hydrogen-bond donors (Lipinski definition) is 1. The van der Waals surface area contributed by atoms with Crippen molar-refractivity contribution >= 4 is 0 Å². The third kappa shape index (κ3) is 1.83. The molecular weight excluding hydrogens is 232 g/mol. The van der Waals surface area contributed by atoms with Gasteiger partial charge < -0.3 is 5.11 Å². The first-order chi connectivity index (χ1) is 9.18. The van der Waals surface area contributed by atoms with Crippen molar-refractivity contribution in [1.82, 2.24) is 0 Å². The van der Waals surface area contributed by atoms with Gasteiger partial charge in [0.15, 0.2) is 0 Å². The van der Waals surface area contributed by atoms with Crippen LogP contribution < -0.4 is 0 Å². The molecular formula is C18H30O. The van der Waals surface area contributed by atoms with Crippen molar-refractivity contribution in [3.63, 3.8) is 0 Å². The molecule has 1 heteroatoms. The fourth-order valence-corrected chi connectivity index (χ4v) is 6.85.